The van der Waals surface area contributed by atoms with Gasteiger partial charge in [-0.15, -0.1) is 11.6 Å². The fourth-order valence-electron chi connectivity index (χ4n) is 2.28. The van der Waals surface area contributed by atoms with Crippen LogP contribution in [0.2, 0.25) is 0 Å². The second-order valence-electron chi connectivity index (χ2n) is 4.10. The van der Waals surface area contributed by atoms with Gasteiger partial charge in [-0.1, -0.05) is 12.8 Å². The zero-order valence-electron chi connectivity index (χ0n) is 8.45. The van der Waals surface area contributed by atoms with Gasteiger partial charge < -0.3 is 5.11 Å². The van der Waals surface area contributed by atoms with E-state index in [0.29, 0.717) is 11.8 Å². The molecule has 0 amide bonds. The quantitative estimate of drug-likeness (QED) is 0.579. The van der Waals surface area contributed by atoms with Crippen LogP contribution in [0.3, 0.4) is 0 Å². The zero-order valence-corrected chi connectivity index (χ0v) is 9.21. The van der Waals surface area contributed by atoms with E-state index in [-0.39, 0.29) is 5.92 Å². The Labute approximate surface area is 90.9 Å². The van der Waals surface area contributed by atoms with Gasteiger partial charge in [0.25, 0.3) is 0 Å². The highest BCUT2D eigenvalue weighted by Gasteiger charge is 2.31. The average molecular weight is 216 g/mol. The first kappa shape index (κ1) is 11.8. The molecule has 80 valence electrons. The predicted octanol–water partition coefficient (Wildman–Crippen LogP) is 2.70. The minimum atomic E-state index is -0.394. The maximum absolute atomic E-state index is 9.65. The number of unbranched alkanes of at least 4 members (excludes halogenated alkanes) is 1. The van der Waals surface area contributed by atoms with Gasteiger partial charge in [0, 0.05) is 5.88 Å². The number of alkyl halides is 1. The Morgan fingerprint density at radius 3 is 2.79 bits per heavy atom. The fourth-order valence-corrected chi connectivity index (χ4v) is 2.47. The lowest BCUT2D eigenvalue weighted by Gasteiger charge is -2.30. The summed E-state index contributed by atoms with van der Waals surface area (Å²) in [5.74, 6) is 0.956. The number of hydrogen-bond donors (Lipinski definition) is 1. The third-order valence-electron chi connectivity index (χ3n) is 3.10. The molecule has 0 aliphatic heterocycles. The monoisotopic (exact) mass is 215 g/mol. The normalized spacial score (nSPS) is 32.5. The lowest BCUT2D eigenvalue weighted by molar-refractivity contribution is 0.0578. The molecule has 0 saturated heterocycles. The lowest BCUT2D eigenvalue weighted by atomic mass is 9.76. The first-order valence-corrected chi connectivity index (χ1v) is 5.96. The van der Waals surface area contributed by atoms with Crippen LogP contribution in [-0.4, -0.2) is 17.1 Å². The van der Waals surface area contributed by atoms with Gasteiger partial charge in [-0.05, 0) is 31.6 Å². The average Bonchev–Trinajstić information content (AvgIpc) is 2.18. The van der Waals surface area contributed by atoms with Crippen LogP contribution in [0.5, 0.6) is 0 Å². The molecule has 0 heterocycles. The second kappa shape index (κ2) is 6.27. The van der Waals surface area contributed by atoms with Crippen molar-refractivity contribution in [3.63, 3.8) is 0 Å². The van der Waals surface area contributed by atoms with E-state index in [1.165, 1.54) is 0 Å². The number of halogens is 1. The second-order valence-corrected chi connectivity index (χ2v) is 4.48. The van der Waals surface area contributed by atoms with Crippen molar-refractivity contribution >= 4 is 11.6 Å². The maximum Gasteiger partial charge on any atom is 0.0750 e. The molecule has 0 radical (unpaired) electrons. The van der Waals surface area contributed by atoms with Crippen molar-refractivity contribution in [1.29, 1.82) is 5.26 Å². The van der Waals surface area contributed by atoms with Crippen molar-refractivity contribution in [2.75, 3.05) is 5.88 Å². The minimum absolute atomic E-state index is 0.140. The molecule has 0 bridgehead atoms. The molecule has 0 spiro atoms. The smallest absolute Gasteiger partial charge is 0.0750 e. The van der Waals surface area contributed by atoms with Gasteiger partial charge >= 0.3 is 0 Å². The molecule has 1 rings (SSSR count). The molecule has 0 aromatic heterocycles. The summed E-state index contributed by atoms with van der Waals surface area (Å²) < 4.78 is 0. The van der Waals surface area contributed by atoms with Gasteiger partial charge in [0.15, 0.2) is 0 Å². The largest absolute Gasteiger partial charge is 0.392 e. The molecule has 3 atom stereocenters. The number of hydrogen-bond acceptors (Lipinski definition) is 2. The van der Waals surface area contributed by atoms with Crippen LogP contribution in [-0.2, 0) is 0 Å². The van der Waals surface area contributed by atoms with E-state index in [2.05, 4.69) is 6.07 Å². The number of aliphatic hydroxyl groups is 1. The molecule has 1 aliphatic carbocycles. The Bertz CT molecular complexity index is 202. The highest BCUT2D eigenvalue weighted by atomic mass is 35.5. The van der Waals surface area contributed by atoms with Crippen molar-refractivity contribution in [2.45, 2.75) is 44.6 Å². The Morgan fingerprint density at radius 2 is 2.14 bits per heavy atom. The van der Waals surface area contributed by atoms with Crippen molar-refractivity contribution in [1.82, 2.24) is 0 Å². The van der Waals surface area contributed by atoms with Crippen LogP contribution in [0.25, 0.3) is 0 Å². The summed E-state index contributed by atoms with van der Waals surface area (Å²) in [5.41, 5.74) is 0. The zero-order chi connectivity index (χ0) is 10.4. The van der Waals surface area contributed by atoms with Crippen LogP contribution >= 0.6 is 11.6 Å². The molecule has 0 aromatic rings. The van der Waals surface area contributed by atoms with E-state index in [0.717, 1.165) is 38.5 Å². The molecule has 14 heavy (non-hydrogen) atoms. The molecule has 3 heteroatoms. The van der Waals surface area contributed by atoms with E-state index in [1.54, 1.807) is 0 Å². The van der Waals surface area contributed by atoms with Gasteiger partial charge in [-0.25, -0.2) is 0 Å². The highest BCUT2D eigenvalue weighted by molar-refractivity contribution is 6.17. The fraction of sp³-hybridized carbons (Fsp3) is 0.909. The number of nitriles is 1. The first-order chi connectivity index (χ1) is 6.79. The predicted molar refractivity (Wildman–Crippen MR) is 57.0 cm³/mol. The molecule has 2 nitrogen and oxygen atoms in total. The van der Waals surface area contributed by atoms with E-state index in [4.69, 9.17) is 16.9 Å². The summed E-state index contributed by atoms with van der Waals surface area (Å²) in [7, 11) is 0. The molecule has 1 N–H and O–H groups in total. The van der Waals surface area contributed by atoms with Crippen LogP contribution in [0, 0.1) is 23.2 Å². The topological polar surface area (TPSA) is 44.0 Å². The van der Waals surface area contributed by atoms with Gasteiger partial charge in [0.05, 0.1) is 18.1 Å². The van der Waals surface area contributed by atoms with E-state index in [1.807, 2.05) is 0 Å². The SMILES string of the molecule is N#C[C@@H]1[C@@H](CCCCCl)CCC[C@@H]1O. The van der Waals surface area contributed by atoms with E-state index < -0.39 is 6.10 Å². The molecular formula is C11H18ClNO. The summed E-state index contributed by atoms with van der Waals surface area (Å²) in [5, 5.41) is 18.6. The van der Waals surface area contributed by atoms with Crippen LogP contribution < -0.4 is 0 Å². The summed E-state index contributed by atoms with van der Waals surface area (Å²) >= 11 is 5.60. The van der Waals surface area contributed by atoms with Gasteiger partial charge in [0.2, 0.25) is 0 Å². The minimum Gasteiger partial charge on any atom is -0.392 e. The first-order valence-electron chi connectivity index (χ1n) is 5.43. The van der Waals surface area contributed by atoms with Crippen LogP contribution in [0.1, 0.15) is 38.5 Å². The summed E-state index contributed by atoms with van der Waals surface area (Å²) in [6.45, 7) is 0. The third kappa shape index (κ3) is 3.15. The molecule has 1 fully saturated rings. The van der Waals surface area contributed by atoms with Gasteiger partial charge in [-0.3, -0.25) is 0 Å². The molecule has 0 aromatic carbocycles. The summed E-state index contributed by atoms with van der Waals surface area (Å²) in [6.07, 6.45) is 5.70. The maximum atomic E-state index is 9.65. The molecule has 1 aliphatic rings. The van der Waals surface area contributed by atoms with Crippen molar-refractivity contribution in [2.24, 2.45) is 11.8 Å². The Morgan fingerprint density at radius 1 is 1.36 bits per heavy atom. The summed E-state index contributed by atoms with van der Waals surface area (Å²) in [4.78, 5) is 0. The van der Waals surface area contributed by atoms with Crippen LogP contribution in [0.4, 0.5) is 0 Å². The van der Waals surface area contributed by atoms with Crippen molar-refractivity contribution < 1.29 is 5.11 Å². The van der Waals surface area contributed by atoms with Gasteiger partial charge in [-0.2, -0.15) is 5.26 Å². The van der Waals surface area contributed by atoms with Gasteiger partial charge in [0.1, 0.15) is 0 Å². The van der Waals surface area contributed by atoms with Crippen LogP contribution in [0.15, 0.2) is 0 Å². The van der Waals surface area contributed by atoms with E-state index in [9.17, 15) is 5.11 Å². The number of rotatable bonds is 4. The molecular weight excluding hydrogens is 198 g/mol. The number of aliphatic hydroxyl groups excluding tert-OH is 1. The number of nitrogens with zero attached hydrogens (tertiary/aromatic N) is 1. The molecule has 1 saturated carbocycles. The Hall–Kier alpha value is -0.260. The highest BCUT2D eigenvalue weighted by Crippen LogP contribution is 2.33. The molecule has 0 unspecified atom stereocenters. The summed E-state index contributed by atoms with van der Waals surface area (Å²) in [6, 6.07) is 2.25. The van der Waals surface area contributed by atoms with Crippen molar-refractivity contribution in [3.8, 4) is 6.07 Å². The Balaban J connectivity index is 2.37. The lowest BCUT2D eigenvalue weighted by Crippen LogP contribution is -2.31. The Kier molecular flexibility index (Phi) is 5.29. The third-order valence-corrected chi connectivity index (χ3v) is 3.37. The standard InChI is InChI=1S/C11H18ClNO/c12-7-2-1-4-9-5-3-6-11(14)10(9)8-13/h9-11,14H,1-7H2/t9-,10+,11-/m0/s1. The van der Waals surface area contributed by atoms with E-state index >= 15 is 0 Å². The van der Waals surface area contributed by atoms with Crippen molar-refractivity contribution in [3.05, 3.63) is 0 Å².